The quantitative estimate of drug-likeness (QED) is 0.709. The highest BCUT2D eigenvalue weighted by atomic mass is 35.5. The van der Waals surface area contributed by atoms with Gasteiger partial charge in [0.2, 0.25) is 15.9 Å². The van der Waals surface area contributed by atoms with E-state index in [0.29, 0.717) is 30.8 Å². The zero-order chi connectivity index (χ0) is 22.1. The van der Waals surface area contributed by atoms with Gasteiger partial charge in [-0.3, -0.25) is 4.79 Å². The molecule has 7 nitrogen and oxygen atoms in total. The first-order valence-electron chi connectivity index (χ1n) is 10.3. The Morgan fingerprint density at radius 2 is 1.81 bits per heavy atom. The van der Waals surface area contributed by atoms with Gasteiger partial charge in [0.1, 0.15) is 12.2 Å². The van der Waals surface area contributed by atoms with Gasteiger partial charge in [-0.15, -0.1) is 12.4 Å². The Morgan fingerprint density at radius 1 is 1.23 bits per heavy atom. The third-order valence-corrected chi connectivity index (χ3v) is 8.12. The molecule has 0 aromatic heterocycles. The first-order chi connectivity index (χ1) is 14.1. The van der Waals surface area contributed by atoms with Crippen molar-refractivity contribution in [1.82, 2.24) is 14.5 Å². The average molecular weight is 473 g/mol. The molecular weight excluding hydrogens is 443 g/mol. The number of alkyl halides is 1. The van der Waals surface area contributed by atoms with Crippen LogP contribution in [0.1, 0.15) is 36.0 Å². The van der Waals surface area contributed by atoms with Crippen LogP contribution in [0, 0.1) is 32.1 Å². The van der Waals surface area contributed by atoms with Crippen LogP contribution in [0.5, 0.6) is 0 Å². The molecule has 172 valence electrons. The Morgan fingerprint density at radius 3 is 2.35 bits per heavy atom. The predicted octanol–water partition coefficient (Wildman–Crippen LogP) is 2.24. The van der Waals surface area contributed by atoms with Gasteiger partial charge < -0.3 is 10.2 Å². The standard InChI is InChI=1S/C21H29FN4O3S.ClH/c1-14-8-15(2)21(16(3)9-14)30(28,29)25-6-4-18(5-7-25)24-12-20(27)26-13-17(22)10-19(26)11-23;/h8-9,17-19,24H,4-7,10,12-13H2,1-3H3;1H/t17-,19-;/m0./s1. The predicted molar refractivity (Wildman–Crippen MR) is 118 cm³/mol. The molecule has 2 heterocycles. The molecule has 2 aliphatic rings. The number of aryl methyl sites for hydroxylation is 3. The van der Waals surface area contributed by atoms with Crippen LogP contribution in [0.3, 0.4) is 0 Å². The third-order valence-electron chi connectivity index (χ3n) is 5.92. The van der Waals surface area contributed by atoms with Crippen LogP contribution in [0.4, 0.5) is 4.39 Å². The second-order valence-electron chi connectivity index (χ2n) is 8.31. The summed E-state index contributed by atoms with van der Waals surface area (Å²) in [4.78, 5) is 14.0. The van der Waals surface area contributed by atoms with E-state index in [2.05, 4.69) is 5.32 Å². The smallest absolute Gasteiger partial charge is 0.243 e. The molecule has 0 radical (unpaired) electrons. The van der Waals surface area contributed by atoms with Crippen molar-refractivity contribution in [3.63, 3.8) is 0 Å². The van der Waals surface area contributed by atoms with Gasteiger partial charge in [0.25, 0.3) is 0 Å². The summed E-state index contributed by atoms with van der Waals surface area (Å²) in [6.45, 7) is 6.33. The highest BCUT2D eigenvalue weighted by Crippen LogP contribution is 2.27. The molecule has 3 rings (SSSR count). The van der Waals surface area contributed by atoms with Crippen LogP contribution >= 0.6 is 12.4 Å². The van der Waals surface area contributed by atoms with E-state index in [1.165, 1.54) is 9.21 Å². The Labute approximate surface area is 190 Å². The molecule has 0 bridgehead atoms. The maximum atomic E-state index is 13.5. The van der Waals surface area contributed by atoms with Crippen molar-refractivity contribution in [2.24, 2.45) is 0 Å². The Bertz CT molecular complexity index is 935. The van der Waals surface area contributed by atoms with Crippen LogP contribution in [-0.2, 0) is 14.8 Å². The summed E-state index contributed by atoms with van der Waals surface area (Å²) in [7, 11) is -3.57. The zero-order valence-electron chi connectivity index (χ0n) is 18.1. The summed E-state index contributed by atoms with van der Waals surface area (Å²) in [5, 5.41) is 12.2. The van der Waals surface area contributed by atoms with Crippen molar-refractivity contribution in [1.29, 1.82) is 5.26 Å². The molecule has 2 atom stereocenters. The second kappa shape index (κ2) is 10.3. The van der Waals surface area contributed by atoms with Crippen LogP contribution < -0.4 is 5.32 Å². The summed E-state index contributed by atoms with van der Waals surface area (Å²) in [6.07, 6.45) is 0.0881. The lowest BCUT2D eigenvalue weighted by Gasteiger charge is -2.32. The molecule has 31 heavy (non-hydrogen) atoms. The van der Waals surface area contributed by atoms with E-state index in [9.17, 15) is 17.6 Å². The fourth-order valence-corrected chi connectivity index (χ4v) is 6.40. The molecule has 1 amide bonds. The highest BCUT2D eigenvalue weighted by molar-refractivity contribution is 7.89. The van der Waals surface area contributed by atoms with Crippen LogP contribution in [-0.4, -0.2) is 68.0 Å². The molecule has 2 aliphatic heterocycles. The first kappa shape index (κ1) is 25.5. The van der Waals surface area contributed by atoms with Crippen molar-refractivity contribution in [3.05, 3.63) is 28.8 Å². The summed E-state index contributed by atoms with van der Waals surface area (Å²) in [6, 6.07) is 5.04. The number of likely N-dealkylation sites (tertiary alicyclic amines) is 1. The molecule has 1 aromatic carbocycles. The van der Waals surface area contributed by atoms with Gasteiger partial charge in [0.05, 0.1) is 24.1 Å². The number of nitrogens with one attached hydrogen (secondary N) is 1. The average Bonchev–Trinajstić information content (AvgIpc) is 3.06. The molecule has 0 unspecified atom stereocenters. The number of rotatable bonds is 5. The molecule has 0 saturated carbocycles. The number of benzene rings is 1. The minimum Gasteiger partial charge on any atom is -0.323 e. The Balaban J connectivity index is 0.00000341. The van der Waals surface area contributed by atoms with Crippen LogP contribution in [0.15, 0.2) is 17.0 Å². The minimum atomic E-state index is -3.57. The van der Waals surface area contributed by atoms with E-state index in [-0.39, 0.29) is 43.9 Å². The van der Waals surface area contributed by atoms with Gasteiger partial charge in [-0.25, -0.2) is 12.8 Å². The number of sulfonamides is 1. The number of nitrogens with zero attached hydrogens (tertiary/aromatic N) is 3. The minimum absolute atomic E-state index is 0. The summed E-state index contributed by atoms with van der Waals surface area (Å²) in [5.41, 5.74) is 2.54. The topological polar surface area (TPSA) is 93.5 Å². The number of piperidine rings is 1. The van der Waals surface area contributed by atoms with E-state index in [1.807, 2.05) is 39.0 Å². The van der Waals surface area contributed by atoms with Crippen molar-refractivity contribution in [2.45, 2.75) is 63.2 Å². The second-order valence-corrected chi connectivity index (χ2v) is 10.2. The van der Waals surface area contributed by atoms with Crippen molar-refractivity contribution < 1.29 is 17.6 Å². The van der Waals surface area contributed by atoms with Crippen LogP contribution in [0.2, 0.25) is 0 Å². The normalized spacial score (nSPS) is 22.7. The van der Waals surface area contributed by atoms with Crippen molar-refractivity contribution in [3.8, 4) is 6.07 Å². The zero-order valence-corrected chi connectivity index (χ0v) is 19.7. The largest absolute Gasteiger partial charge is 0.323 e. The van der Waals surface area contributed by atoms with E-state index < -0.39 is 22.2 Å². The van der Waals surface area contributed by atoms with Gasteiger partial charge in [0.15, 0.2) is 0 Å². The molecule has 1 aromatic rings. The first-order valence-corrected chi connectivity index (χ1v) is 11.7. The maximum absolute atomic E-state index is 13.5. The lowest BCUT2D eigenvalue weighted by Crippen LogP contribution is -2.48. The maximum Gasteiger partial charge on any atom is 0.243 e. The molecule has 1 N–H and O–H groups in total. The summed E-state index contributed by atoms with van der Waals surface area (Å²) < 4.78 is 41.4. The molecular formula is C21H30ClFN4O3S. The van der Waals surface area contributed by atoms with E-state index in [4.69, 9.17) is 5.26 Å². The summed E-state index contributed by atoms with van der Waals surface area (Å²) >= 11 is 0. The molecule has 10 heteroatoms. The van der Waals surface area contributed by atoms with Crippen LogP contribution in [0.25, 0.3) is 0 Å². The fraction of sp³-hybridized carbons (Fsp3) is 0.619. The lowest BCUT2D eigenvalue weighted by atomic mass is 10.1. The van der Waals surface area contributed by atoms with Crippen molar-refractivity contribution in [2.75, 3.05) is 26.2 Å². The number of hydrogen-bond acceptors (Lipinski definition) is 5. The Kier molecular flexibility index (Phi) is 8.45. The van der Waals surface area contributed by atoms with Gasteiger partial charge in [-0.2, -0.15) is 9.57 Å². The molecule has 2 saturated heterocycles. The number of amides is 1. The number of halogens is 2. The molecule has 0 aliphatic carbocycles. The SMILES string of the molecule is Cc1cc(C)c(S(=O)(=O)N2CCC(NCC(=O)N3C[C@@H](F)C[C@H]3C#N)CC2)c(C)c1.Cl. The van der Waals surface area contributed by atoms with E-state index in [1.54, 1.807) is 0 Å². The van der Waals surface area contributed by atoms with E-state index >= 15 is 0 Å². The monoisotopic (exact) mass is 472 g/mol. The van der Waals surface area contributed by atoms with E-state index in [0.717, 1.165) is 16.7 Å². The van der Waals surface area contributed by atoms with Gasteiger partial charge in [-0.1, -0.05) is 17.7 Å². The van der Waals surface area contributed by atoms with Gasteiger partial charge in [0, 0.05) is 25.6 Å². The fourth-order valence-electron chi connectivity index (χ4n) is 4.52. The number of carbonyl (C=O) groups is 1. The number of carbonyl (C=O) groups excluding carboxylic acids is 1. The number of hydrogen-bond donors (Lipinski definition) is 1. The van der Waals surface area contributed by atoms with Gasteiger partial charge >= 0.3 is 0 Å². The summed E-state index contributed by atoms with van der Waals surface area (Å²) in [5.74, 6) is -0.289. The molecule has 2 fully saturated rings. The Hall–Kier alpha value is -1.73. The lowest BCUT2D eigenvalue weighted by molar-refractivity contribution is -0.130. The molecule has 0 spiro atoms. The third kappa shape index (κ3) is 5.55. The highest BCUT2D eigenvalue weighted by Gasteiger charge is 2.36. The van der Waals surface area contributed by atoms with Gasteiger partial charge in [-0.05, 0) is 44.7 Å². The number of nitriles is 1. The van der Waals surface area contributed by atoms with Crippen molar-refractivity contribution >= 4 is 28.3 Å².